The molecule has 48 heavy (non-hydrogen) atoms. The van der Waals surface area contributed by atoms with Crippen molar-refractivity contribution in [3.63, 3.8) is 0 Å². The average molecular weight is 692 g/mol. The zero-order valence-electron chi connectivity index (χ0n) is 26.5. The molecule has 0 bridgehead atoms. The van der Waals surface area contributed by atoms with Crippen molar-refractivity contribution >= 4 is 45.8 Å². The molecule has 1 fully saturated rings. The third-order valence-electron chi connectivity index (χ3n) is 9.54. The maximum Gasteiger partial charge on any atom is 0.418 e. The number of carbonyl (C=O) groups excluding carboxylic acids is 3. The van der Waals surface area contributed by atoms with Crippen LogP contribution in [-0.4, -0.2) is 45.3 Å². The maximum atomic E-state index is 14.3. The molecule has 2 aromatic carbocycles. The third-order valence-corrected chi connectivity index (χ3v) is 9.82. The van der Waals surface area contributed by atoms with Gasteiger partial charge in [0.25, 0.3) is 0 Å². The van der Waals surface area contributed by atoms with E-state index in [-0.39, 0.29) is 35.2 Å². The van der Waals surface area contributed by atoms with Crippen LogP contribution in [0, 0.1) is 23.5 Å². The number of fused-ring (bicyclic) bond motifs is 3. The van der Waals surface area contributed by atoms with E-state index in [9.17, 15) is 36.3 Å². The van der Waals surface area contributed by atoms with Crippen LogP contribution in [-0.2, 0) is 39.8 Å². The van der Waals surface area contributed by atoms with Crippen LogP contribution in [0.5, 0.6) is 0 Å². The smallest absolute Gasteiger partial charge is 0.392 e. The topological polar surface area (TPSA) is 129 Å². The molecule has 2 aliphatic rings. The second-order valence-corrected chi connectivity index (χ2v) is 13.4. The monoisotopic (exact) mass is 691 g/mol. The van der Waals surface area contributed by atoms with Gasteiger partial charge in [0.2, 0.25) is 17.7 Å². The molecular formula is C34H38F5N5O3S. The van der Waals surface area contributed by atoms with Gasteiger partial charge in [-0.05, 0) is 54.9 Å². The molecule has 0 radical (unpaired) electrons. The van der Waals surface area contributed by atoms with Gasteiger partial charge >= 0.3 is 6.18 Å². The summed E-state index contributed by atoms with van der Waals surface area (Å²) in [6.45, 7) is 3.49. The van der Waals surface area contributed by atoms with Gasteiger partial charge in [-0.25, -0.2) is 8.78 Å². The average Bonchev–Trinajstić information content (AvgIpc) is 3.78. The van der Waals surface area contributed by atoms with E-state index >= 15 is 0 Å². The zero-order chi connectivity index (χ0) is 35.0. The van der Waals surface area contributed by atoms with Crippen LogP contribution in [0.15, 0.2) is 36.4 Å². The fourth-order valence-corrected chi connectivity index (χ4v) is 6.55. The second-order valence-electron chi connectivity index (χ2n) is 13.0. The molecule has 6 N–H and O–H groups in total. The van der Waals surface area contributed by atoms with E-state index in [2.05, 4.69) is 20.9 Å². The first-order chi connectivity index (χ1) is 22.6. The SMILES string of the molecule is CCC(C)[C@H](NC(=O)Cc1c(F)cccc1F)C(=O)N[C@]1(C(=O)N[C@@H](CC2CC2)C(N)=S)CCc2[nH]c3c(C(F)(F)F)cccc3c2C1. The minimum atomic E-state index is -4.63. The Morgan fingerprint density at radius 3 is 2.35 bits per heavy atom. The number of H-pyrrole nitrogens is 1. The van der Waals surface area contributed by atoms with Crippen LogP contribution in [0.3, 0.4) is 0 Å². The van der Waals surface area contributed by atoms with Crippen molar-refractivity contribution in [1.29, 1.82) is 0 Å². The number of aryl methyl sites for hydroxylation is 1. The number of carbonyl (C=O) groups is 3. The number of nitrogens with two attached hydrogens (primary N) is 1. The molecule has 0 spiro atoms. The normalized spacial score (nSPS) is 19.6. The summed E-state index contributed by atoms with van der Waals surface area (Å²) in [6.07, 6.45) is -2.45. The van der Waals surface area contributed by atoms with Gasteiger partial charge in [-0.3, -0.25) is 14.4 Å². The molecule has 1 aromatic heterocycles. The lowest BCUT2D eigenvalue weighted by molar-refractivity contribution is -0.137. The highest BCUT2D eigenvalue weighted by Gasteiger charge is 2.47. The molecule has 0 saturated heterocycles. The first kappa shape index (κ1) is 35.2. The predicted octanol–water partition coefficient (Wildman–Crippen LogP) is 5.15. The minimum absolute atomic E-state index is 0.0147. The van der Waals surface area contributed by atoms with Crippen molar-refractivity contribution < 1.29 is 36.3 Å². The van der Waals surface area contributed by atoms with Crippen LogP contribution < -0.4 is 21.7 Å². The van der Waals surface area contributed by atoms with E-state index in [0.717, 1.165) is 31.0 Å². The lowest BCUT2D eigenvalue weighted by atomic mass is 9.78. The molecule has 14 heteroatoms. The van der Waals surface area contributed by atoms with Gasteiger partial charge in [-0.2, -0.15) is 13.2 Å². The van der Waals surface area contributed by atoms with Crippen molar-refractivity contribution in [2.45, 2.75) is 89.0 Å². The fourth-order valence-electron chi connectivity index (χ4n) is 6.40. The van der Waals surface area contributed by atoms with Crippen molar-refractivity contribution in [2.24, 2.45) is 17.6 Å². The van der Waals surface area contributed by atoms with Gasteiger partial charge in [-0.15, -0.1) is 0 Å². The Bertz CT molecular complexity index is 1720. The summed E-state index contributed by atoms with van der Waals surface area (Å²) in [6, 6.07) is 5.14. The Kier molecular flexibility index (Phi) is 10.1. The number of aromatic nitrogens is 1. The summed E-state index contributed by atoms with van der Waals surface area (Å²) in [5, 5.41) is 8.62. The van der Waals surface area contributed by atoms with Gasteiger partial charge in [-0.1, -0.05) is 63.5 Å². The number of halogens is 5. The Morgan fingerprint density at radius 2 is 1.75 bits per heavy atom. The van der Waals surface area contributed by atoms with Crippen LogP contribution in [0.4, 0.5) is 22.0 Å². The van der Waals surface area contributed by atoms with Crippen molar-refractivity contribution in [3.8, 4) is 0 Å². The van der Waals surface area contributed by atoms with E-state index in [1.807, 2.05) is 0 Å². The van der Waals surface area contributed by atoms with Crippen molar-refractivity contribution in [2.75, 3.05) is 0 Å². The number of nitrogens with one attached hydrogen (secondary N) is 4. The molecule has 5 rings (SSSR count). The molecule has 4 atom stereocenters. The van der Waals surface area contributed by atoms with Crippen LogP contribution in [0.2, 0.25) is 0 Å². The molecule has 0 aliphatic heterocycles. The number of para-hydroxylation sites is 1. The molecule has 1 unspecified atom stereocenters. The summed E-state index contributed by atoms with van der Waals surface area (Å²) >= 11 is 5.24. The van der Waals surface area contributed by atoms with E-state index in [1.165, 1.54) is 18.2 Å². The number of benzene rings is 2. The number of alkyl halides is 3. The number of hydrogen-bond acceptors (Lipinski definition) is 4. The number of thiocarbonyl (C=S) groups is 1. The minimum Gasteiger partial charge on any atom is -0.392 e. The van der Waals surface area contributed by atoms with Gasteiger partial charge in [0.1, 0.15) is 23.2 Å². The summed E-state index contributed by atoms with van der Waals surface area (Å²) in [5.41, 5.74) is 3.88. The summed E-state index contributed by atoms with van der Waals surface area (Å²) in [4.78, 5) is 44.4. The van der Waals surface area contributed by atoms with Gasteiger partial charge < -0.3 is 26.7 Å². The lowest BCUT2D eigenvalue weighted by Crippen LogP contribution is -2.66. The molecule has 1 saturated carbocycles. The quantitative estimate of drug-likeness (QED) is 0.133. The molecule has 258 valence electrons. The van der Waals surface area contributed by atoms with Crippen LogP contribution in [0.1, 0.15) is 68.3 Å². The van der Waals surface area contributed by atoms with Gasteiger partial charge in [0.15, 0.2) is 0 Å². The third kappa shape index (κ3) is 7.48. The lowest BCUT2D eigenvalue weighted by Gasteiger charge is -2.39. The first-order valence-corrected chi connectivity index (χ1v) is 16.4. The van der Waals surface area contributed by atoms with Crippen LogP contribution in [0.25, 0.3) is 10.9 Å². The van der Waals surface area contributed by atoms with E-state index in [1.54, 1.807) is 13.8 Å². The number of hydrogen-bond donors (Lipinski definition) is 5. The highest BCUT2D eigenvalue weighted by Crippen LogP contribution is 2.40. The Morgan fingerprint density at radius 1 is 1.08 bits per heavy atom. The predicted molar refractivity (Wildman–Crippen MR) is 174 cm³/mol. The molecule has 3 amide bonds. The standard InChI is InChI=1S/C34H38F5N5O3S/c1-3-17(2)28(43-27(45)15-20-23(35)8-5-9-24(20)36)31(46)44-33(32(47)42-26(30(40)48)14-18-10-11-18)13-12-25-21(16-33)19-6-4-7-22(29(19)41-25)34(37,38)39/h4-9,17-18,26,28,41H,3,10-16H2,1-2H3,(H2,40,48)(H,42,47)(H,43,45)(H,44,46)/t17?,26-,28-,33+/m0/s1. The van der Waals surface area contributed by atoms with E-state index in [4.69, 9.17) is 18.0 Å². The van der Waals surface area contributed by atoms with E-state index in [0.29, 0.717) is 30.0 Å². The number of aromatic amines is 1. The van der Waals surface area contributed by atoms with Gasteiger partial charge in [0.05, 0.1) is 28.5 Å². The summed E-state index contributed by atoms with van der Waals surface area (Å²) in [5.74, 6) is -4.10. The number of amides is 3. The zero-order valence-corrected chi connectivity index (χ0v) is 27.3. The number of rotatable bonds is 12. The molecule has 1 heterocycles. The van der Waals surface area contributed by atoms with Crippen molar-refractivity contribution in [3.05, 3.63) is 70.4 Å². The van der Waals surface area contributed by atoms with Crippen LogP contribution >= 0.6 is 12.2 Å². The summed E-state index contributed by atoms with van der Waals surface area (Å²) < 4.78 is 70.3. The Hall–Kier alpha value is -4.07. The summed E-state index contributed by atoms with van der Waals surface area (Å²) in [7, 11) is 0. The first-order valence-electron chi connectivity index (χ1n) is 16.0. The second kappa shape index (κ2) is 13.8. The maximum absolute atomic E-state index is 14.3. The molecule has 3 aromatic rings. The fraction of sp³-hybridized carbons (Fsp3) is 0.471. The molecule has 2 aliphatic carbocycles. The van der Waals surface area contributed by atoms with Gasteiger partial charge in [0, 0.05) is 23.1 Å². The highest BCUT2D eigenvalue weighted by atomic mass is 32.1. The van der Waals surface area contributed by atoms with E-state index < -0.39 is 76.6 Å². The highest BCUT2D eigenvalue weighted by molar-refractivity contribution is 7.80. The largest absolute Gasteiger partial charge is 0.418 e. The van der Waals surface area contributed by atoms with Crippen molar-refractivity contribution in [1.82, 2.24) is 20.9 Å². The molecule has 8 nitrogen and oxygen atoms in total. The Labute approximate surface area is 279 Å². The molecular weight excluding hydrogens is 653 g/mol. The Balaban J connectivity index is 1.48.